The number of Topliss-reactive ketones (excluding diaryl/α,β-unsaturated/α-hetero) is 1. The molecule has 1 N–H and O–H groups in total. The van der Waals surface area contributed by atoms with E-state index in [2.05, 4.69) is 12.2 Å². The fourth-order valence-corrected chi connectivity index (χ4v) is 2.99. The molecule has 0 aromatic carbocycles. The van der Waals surface area contributed by atoms with E-state index in [-0.39, 0.29) is 11.7 Å². The second-order valence-corrected chi connectivity index (χ2v) is 7.19. The van der Waals surface area contributed by atoms with Crippen LogP contribution in [-0.2, 0) is 9.59 Å². The Labute approximate surface area is 156 Å². The molecule has 25 heavy (non-hydrogen) atoms. The Morgan fingerprint density at radius 2 is 1.16 bits per heavy atom. The van der Waals surface area contributed by atoms with Crippen molar-refractivity contribution in [2.45, 2.75) is 117 Å². The summed E-state index contributed by atoms with van der Waals surface area (Å²) in [5.41, 5.74) is 0. The second-order valence-electron chi connectivity index (χ2n) is 7.19. The van der Waals surface area contributed by atoms with E-state index < -0.39 is 0 Å². The highest BCUT2D eigenvalue weighted by atomic mass is 16.1. The normalized spacial score (nSPS) is 11.1. The van der Waals surface area contributed by atoms with E-state index >= 15 is 0 Å². The number of rotatable bonds is 18. The smallest absolute Gasteiger partial charge is 0.220 e. The number of ketones is 1. The van der Waals surface area contributed by atoms with Crippen molar-refractivity contribution < 1.29 is 9.59 Å². The van der Waals surface area contributed by atoms with Gasteiger partial charge in [0.05, 0.1) is 0 Å². The third-order valence-electron chi connectivity index (χ3n) is 4.56. The van der Waals surface area contributed by atoms with Crippen molar-refractivity contribution in [3.8, 4) is 0 Å². The van der Waals surface area contributed by atoms with Crippen LogP contribution >= 0.6 is 0 Å². The zero-order valence-corrected chi connectivity index (χ0v) is 16.8. The minimum Gasteiger partial charge on any atom is -0.333 e. The third kappa shape index (κ3) is 20.8. The Balaban J connectivity index is 3.19. The van der Waals surface area contributed by atoms with Gasteiger partial charge in [-0.05, 0) is 6.42 Å². The number of carbonyl (C=O) groups is 2. The van der Waals surface area contributed by atoms with E-state index in [1.54, 1.807) is 12.3 Å². The Kier molecular flexibility index (Phi) is 18.3. The molecule has 0 aliphatic rings. The largest absolute Gasteiger partial charge is 0.333 e. The van der Waals surface area contributed by atoms with E-state index in [1.807, 2.05) is 0 Å². The highest BCUT2D eigenvalue weighted by molar-refractivity contribution is 5.80. The van der Waals surface area contributed by atoms with E-state index in [9.17, 15) is 9.59 Å². The summed E-state index contributed by atoms with van der Waals surface area (Å²) in [5, 5.41) is 2.55. The van der Waals surface area contributed by atoms with Gasteiger partial charge in [-0.1, -0.05) is 96.5 Å². The molecule has 3 heteroatoms. The van der Waals surface area contributed by atoms with Crippen molar-refractivity contribution in [1.29, 1.82) is 0 Å². The number of allylic oxidation sites excluding steroid dienone is 1. The lowest BCUT2D eigenvalue weighted by molar-refractivity contribution is -0.119. The minimum atomic E-state index is -0.101. The zero-order chi connectivity index (χ0) is 18.6. The quantitative estimate of drug-likeness (QED) is 0.288. The summed E-state index contributed by atoms with van der Waals surface area (Å²) in [6.07, 6.45) is 23.1. The molecule has 0 rings (SSSR count). The molecule has 0 radical (unpaired) electrons. The van der Waals surface area contributed by atoms with Crippen molar-refractivity contribution in [2.24, 2.45) is 0 Å². The summed E-state index contributed by atoms with van der Waals surface area (Å²) in [7, 11) is 0. The predicted molar refractivity (Wildman–Crippen MR) is 108 cm³/mol. The van der Waals surface area contributed by atoms with Crippen LogP contribution in [0.3, 0.4) is 0 Å². The maximum absolute atomic E-state index is 11.6. The van der Waals surface area contributed by atoms with Gasteiger partial charge in [-0.25, -0.2) is 0 Å². The van der Waals surface area contributed by atoms with Crippen LogP contribution in [0.5, 0.6) is 0 Å². The summed E-state index contributed by atoms with van der Waals surface area (Å²) in [6.45, 7) is 3.73. The molecule has 3 nitrogen and oxygen atoms in total. The number of nitrogens with one attached hydrogen (secondary N) is 1. The van der Waals surface area contributed by atoms with Crippen molar-refractivity contribution in [3.63, 3.8) is 0 Å². The van der Waals surface area contributed by atoms with Gasteiger partial charge in [-0.2, -0.15) is 0 Å². The molecule has 0 aromatic heterocycles. The maximum atomic E-state index is 11.6. The van der Waals surface area contributed by atoms with Crippen LogP contribution in [-0.4, -0.2) is 11.7 Å². The summed E-state index contributed by atoms with van der Waals surface area (Å²) >= 11 is 0. The fourth-order valence-electron chi connectivity index (χ4n) is 2.99. The van der Waals surface area contributed by atoms with Gasteiger partial charge in [-0.3, -0.25) is 9.59 Å². The lowest BCUT2D eigenvalue weighted by Crippen LogP contribution is -2.11. The first-order valence-corrected chi connectivity index (χ1v) is 10.6. The Morgan fingerprint density at radius 3 is 1.60 bits per heavy atom. The molecular formula is C22H41NO2. The second kappa shape index (κ2) is 19.2. The molecular weight excluding hydrogens is 310 g/mol. The average Bonchev–Trinajstić information content (AvgIpc) is 2.59. The van der Waals surface area contributed by atoms with Crippen LogP contribution in [0, 0.1) is 0 Å². The van der Waals surface area contributed by atoms with Gasteiger partial charge in [0.2, 0.25) is 5.91 Å². The predicted octanol–water partition coefficient (Wildman–Crippen LogP) is 6.47. The number of hydrogen-bond acceptors (Lipinski definition) is 2. The van der Waals surface area contributed by atoms with Crippen molar-refractivity contribution in [3.05, 3.63) is 12.3 Å². The number of amides is 1. The van der Waals surface area contributed by atoms with Crippen LogP contribution < -0.4 is 5.32 Å². The Hall–Kier alpha value is -1.12. The Bertz CT molecular complexity index is 350. The van der Waals surface area contributed by atoms with Crippen molar-refractivity contribution in [1.82, 2.24) is 5.32 Å². The fraction of sp³-hybridized carbons (Fsp3) is 0.818. The first-order chi connectivity index (χ1) is 12.2. The maximum Gasteiger partial charge on any atom is 0.220 e. The van der Waals surface area contributed by atoms with Gasteiger partial charge in [0.25, 0.3) is 0 Å². The summed E-state index contributed by atoms with van der Waals surface area (Å²) in [5.74, 6) is 0.163. The minimum absolute atomic E-state index is 0.101. The molecule has 0 aromatic rings. The molecule has 146 valence electrons. The molecule has 0 heterocycles. The van der Waals surface area contributed by atoms with E-state index in [1.165, 1.54) is 90.4 Å². The number of hydrogen-bond donors (Lipinski definition) is 1. The first kappa shape index (κ1) is 23.9. The topological polar surface area (TPSA) is 46.2 Å². The van der Waals surface area contributed by atoms with Crippen molar-refractivity contribution in [2.75, 3.05) is 0 Å². The number of carbonyl (C=O) groups excluding carboxylic acids is 2. The highest BCUT2D eigenvalue weighted by Gasteiger charge is 1.99. The highest BCUT2D eigenvalue weighted by Crippen LogP contribution is 2.13. The summed E-state index contributed by atoms with van der Waals surface area (Å²) in [4.78, 5) is 22.3. The Morgan fingerprint density at radius 1 is 0.720 bits per heavy atom. The molecule has 0 spiro atoms. The van der Waals surface area contributed by atoms with Crippen LogP contribution in [0.25, 0.3) is 0 Å². The first-order valence-electron chi connectivity index (χ1n) is 10.6. The van der Waals surface area contributed by atoms with E-state index in [0.717, 1.165) is 6.42 Å². The van der Waals surface area contributed by atoms with Crippen LogP contribution in [0.1, 0.15) is 117 Å². The SMILES string of the molecule is CCCCCCCCCCCCCCCCC(=O)CC=CNC(C)=O. The summed E-state index contributed by atoms with van der Waals surface area (Å²) in [6, 6.07) is 0. The molecule has 1 amide bonds. The van der Waals surface area contributed by atoms with Crippen molar-refractivity contribution >= 4 is 11.7 Å². The third-order valence-corrected chi connectivity index (χ3v) is 4.56. The van der Waals surface area contributed by atoms with Crippen LogP contribution in [0.4, 0.5) is 0 Å². The molecule has 0 saturated carbocycles. The van der Waals surface area contributed by atoms with Gasteiger partial charge >= 0.3 is 0 Å². The van der Waals surface area contributed by atoms with Gasteiger partial charge in [0.15, 0.2) is 0 Å². The molecule has 0 saturated heterocycles. The van der Waals surface area contributed by atoms with Crippen LogP contribution in [0.15, 0.2) is 12.3 Å². The molecule has 0 unspecified atom stereocenters. The molecule has 0 aliphatic heterocycles. The lowest BCUT2D eigenvalue weighted by Gasteiger charge is -2.03. The van der Waals surface area contributed by atoms with Gasteiger partial charge in [0.1, 0.15) is 5.78 Å². The van der Waals surface area contributed by atoms with Gasteiger partial charge in [0, 0.05) is 26.0 Å². The molecule has 0 bridgehead atoms. The number of unbranched alkanes of at least 4 members (excludes halogenated alkanes) is 13. The standard InChI is InChI=1S/C22H41NO2/c1-3-4-5-6-7-8-9-10-11-12-13-14-15-16-18-22(25)19-17-20-23-21(2)24/h17,20H,3-16,18-19H2,1-2H3,(H,23,24). The molecule has 0 aliphatic carbocycles. The van der Waals surface area contributed by atoms with E-state index in [4.69, 9.17) is 0 Å². The zero-order valence-electron chi connectivity index (χ0n) is 16.8. The molecule has 0 atom stereocenters. The van der Waals surface area contributed by atoms with Gasteiger partial charge < -0.3 is 5.32 Å². The van der Waals surface area contributed by atoms with Gasteiger partial charge in [-0.15, -0.1) is 0 Å². The average molecular weight is 352 g/mol. The lowest BCUT2D eigenvalue weighted by atomic mass is 10.0. The molecule has 0 fully saturated rings. The summed E-state index contributed by atoms with van der Waals surface area (Å²) < 4.78 is 0. The van der Waals surface area contributed by atoms with Crippen LogP contribution in [0.2, 0.25) is 0 Å². The van der Waals surface area contributed by atoms with E-state index in [0.29, 0.717) is 12.8 Å². The monoisotopic (exact) mass is 351 g/mol.